The normalized spacial score (nSPS) is 11.5. The zero-order valence-electron chi connectivity index (χ0n) is 19.3. The number of thiophene rings is 1. The summed E-state index contributed by atoms with van der Waals surface area (Å²) < 4.78 is 12.5. The number of halogens is 1. The number of nitrogens with one attached hydrogen (secondary N) is 1. The molecule has 172 valence electrons. The van der Waals surface area contributed by atoms with Crippen LogP contribution in [0.2, 0.25) is 5.02 Å². The number of ether oxygens (including phenoxy) is 2. The van der Waals surface area contributed by atoms with Gasteiger partial charge in [-0.15, -0.1) is 11.3 Å². The molecule has 0 atom stereocenters. The van der Waals surface area contributed by atoms with Gasteiger partial charge in [0, 0.05) is 45.3 Å². The molecular weight excluding hydrogens is 444 g/mol. The second-order valence-electron chi connectivity index (χ2n) is 8.20. The lowest BCUT2D eigenvalue weighted by Crippen LogP contribution is -2.39. The van der Waals surface area contributed by atoms with Gasteiger partial charge in [0.25, 0.3) is 0 Å². The zero-order valence-corrected chi connectivity index (χ0v) is 20.8. The molecule has 0 spiro atoms. The van der Waals surface area contributed by atoms with Crippen molar-refractivity contribution in [3.05, 3.63) is 52.4 Å². The van der Waals surface area contributed by atoms with E-state index in [9.17, 15) is 4.79 Å². The van der Waals surface area contributed by atoms with E-state index >= 15 is 0 Å². The molecule has 1 aromatic heterocycles. The van der Waals surface area contributed by atoms with Crippen molar-refractivity contribution in [2.24, 2.45) is 0 Å². The molecular formula is C25H31ClN2O3S. The third-order valence-electron chi connectivity index (χ3n) is 5.30. The van der Waals surface area contributed by atoms with Gasteiger partial charge in [0.15, 0.2) is 11.5 Å². The van der Waals surface area contributed by atoms with Gasteiger partial charge >= 0.3 is 0 Å². The van der Waals surface area contributed by atoms with Gasteiger partial charge < -0.3 is 14.8 Å². The molecule has 3 rings (SSSR count). The Labute approximate surface area is 199 Å². The summed E-state index contributed by atoms with van der Waals surface area (Å²) in [5.74, 6) is 1.12. The summed E-state index contributed by atoms with van der Waals surface area (Å²) in [5.41, 5.74) is 0.660. The summed E-state index contributed by atoms with van der Waals surface area (Å²) in [7, 11) is 1.61. The van der Waals surface area contributed by atoms with Crippen molar-refractivity contribution in [3.63, 3.8) is 0 Å². The molecule has 0 saturated carbocycles. The first-order chi connectivity index (χ1) is 15.3. The Morgan fingerprint density at radius 1 is 1.09 bits per heavy atom. The summed E-state index contributed by atoms with van der Waals surface area (Å²) >= 11 is 8.03. The summed E-state index contributed by atoms with van der Waals surface area (Å²) in [6.45, 7) is 10.1. The van der Waals surface area contributed by atoms with Gasteiger partial charge in [-0.25, -0.2) is 0 Å². The summed E-state index contributed by atoms with van der Waals surface area (Å²) in [6.07, 6.45) is 0.220. The van der Waals surface area contributed by atoms with Gasteiger partial charge in [-0.05, 0) is 45.9 Å². The van der Waals surface area contributed by atoms with Gasteiger partial charge in [0.05, 0.1) is 18.6 Å². The Kier molecular flexibility index (Phi) is 8.40. The molecule has 0 saturated heterocycles. The predicted molar refractivity (Wildman–Crippen MR) is 135 cm³/mol. The standard InChI is InChI=1S/C25H31ClN2O3S/c1-16(2)28(17(3)4)12-13-31-21-14-18(10-11-20(21)30-5)27-24(29)15-23-25(26)19-8-6-7-9-22(19)32-23/h6-11,14,16-17H,12-13,15H2,1-5H3,(H,27,29). The number of carbonyl (C=O) groups excluding carboxylic acids is 1. The lowest BCUT2D eigenvalue weighted by Gasteiger charge is -2.30. The average Bonchev–Trinajstić information content (AvgIpc) is 3.06. The first-order valence-corrected chi connectivity index (χ1v) is 12.0. The highest BCUT2D eigenvalue weighted by atomic mass is 35.5. The van der Waals surface area contributed by atoms with Gasteiger partial charge in [0.2, 0.25) is 5.91 Å². The summed E-state index contributed by atoms with van der Waals surface area (Å²) in [5, 5.41) is 4.59. The molecule has 1 heterocycles. The van der Waals surface area contributed by atoms with Crippen LogP contribution in [-0.4, -0.2) is 43.2 Å². The van der Waals surface area contributed by atoms with E-state index < -0.39 is 0 Å². The predicted octanol–water partition coefficient (Wildman–Crippen LogP) is 6.24. The monoisotopic (exact) mass is 474 g/mol. The first-order valence-electron chi connectivity index (χ1n) is 10.8. The average molecular weight is 475 g/mol. The van der Waals surface area contributed by atoms with Crippen molar-refractivity contribution in [2.45, 2.75) is 46.2 Å². The van der Waals surface area contributed by atoms with Crippen LogP contribution in [0.25, 0.3) is 10.1 Å². The summed E-state index contributed by atoms with van der Waals surface area (Å²) in [4.78, 5) is 15.9. The fourth-order valence-electron chi connectivity index (χ4n) is 3.77. The molecule has 5 nitrogen and oxygen atoms in total. The van der Waals surface area contributed by atoms with E-state index in [1.807, 2.05) is 30.3 Å². The van der Waals surface area contributed by atoms with Gasteiger partial charge in [-0.1, -0.05) is 29.8 Å². The highest BCUT2D eigenvalue weighted by Crippen LogP contribution is 2.36. The number of rotatable bonds is 10. The van der Waals surface area contributed by atoms with E-state index in [1.165, 1.54) is 0 Å². The molecule has 0 radical (unpaired) electrons. The minimum absolute atomic E-state index is 0.125. The van der Waals surface area contributed by atoms with Crippen LogP contribution in [0.5, 0.6) is 11.5 Å². The number of methoxy groups -OCH3 is 1. The third kappa shape index (κ3) is 5.94. The van der Waals surface area contributed by atoms with E-state index in [4.69, 9.17) is 21.1 Å². The number of fused-ring (bicyclic) bond motifs is 1. The number of hydrogen-bond donors (Lipinski definition) is 1. The lowest BCUT2D eigenvalue weighted by molar-refractivity contribution is -0.115. The molecule has 0 aliphatic rings. The molecule has 3 aromatic rings. The Balaban J connectivity index is 1.66. The van der Waals surface area contributed by atoms with E-state index in [2.05, 4.69) is 37.9 Å². The largest absolute Gasteiger partial charge is 0.493 e. The first kappa shape index (κ1) is 24.4. The topological polar surface area (TPSA) is 50.8 Å². The summed E-state index contributed by atoms with van der Waals surface area (Å²) in [6, 6.07) is 14.2. The van der Waals surface area contributed by atoms with Crippen LogP contribution < -0.4 is 14.8 Å². The van der Waals surface area contributed by atoms with Crippen molar-refractivity contribution in [1.82, 2.24) is 4.90 Å². The number of nitrogens with zero attached hydrogens (tertiary/aromatic N) is 1. The number of carbonyl (C=O) groups is 1. The van der Waals surface area contributed by atoms with Crippen molar-refractivity contribution in [3.8, 4) is 11.5 Å². The van der Waals surface area contributed by atoms with Gasteiger partial charge in [-0.2, -0.15) is 0 Å². The van der Waals surface area contributed by atoms with Crippen LogP contribution >= 0.6 is 22.9 Å². The number of amides is 1. The number of anilines is 1. The van der Waals surface area contributed by atoms with Crippen LogP contribution in [0.4, 0.5) is 5.69 Å². The van der Waals surface area contributed by atoms with Gasteiger partial charge in [0.1, 0.15) is 6.61 Å². The van der Waals surface area contributed by atoms with E-state index in [0.29, 0.717) is 40.9 Å². The molecule has 0 unspecified atom stereocenters. The smallest absolute Gasteiger partial charge is 0.229 e. The Morgan fingerprint density at radius 3 is 2.47 bits per heavy atom. The molecule has 7 heteroatoms. The van der Waals surface area contributed by atoms with Crippen LogP contribution in [0.3, 0.4) is 0 Å². The van der Waals surface area contributed by atoms with E-state index in [-0.39, 0.29) is 12.3 Å². The van der Waals surface area contributed by atoms with Crippen molar-refractivity contribution in [2.75, 3.05) is 25.6 Å². The minimum Gasteiger partial charge on any atom is -0.493 e. The Morgan fingerprint density at radius 2 is 1.81 bits per heavy atom. The molecule has 0 fully saturated rings. The number of hydrogen-bond acceptors (Lipinski definition) is 5. The maximum atomic E-state index is 12.7. The fourth-order valence-corrected chi connectivity index (χ4v) is 5.27. The molecule has 32 heavy (non-hydrogen) atoms. The van der Waals surface area contributed by atoms with Crippen molar-refractivity contribution in [1.29, 1.82) is 0 Å². The maximum absolute atomic E-state index is 12.7. The van der Waals surface area contributed by atoms with Crippen molar-refractivity contribution >= 4 is 44.6 Å². The minimum atomic E-state index is -0.125. The molecule has 0 aliphatic heterocycles. The highest BCUT2D eigenvalue weighted by molar-refractivity contribution is 7.19. The molecule has 1 N–H and O–H groups in total. The molecule has 2 aromatic carbocycles. The van der Waals surface area contributed by atoms with Crippen LogP contribution in [0, 0.1) is 0 Å². The highest BCUT2D eigenvalue weighted by Gasteiger charge is 2.16. The molecule has 1 amide bonds. The Hall–Kier alpha value is -2.28. The lowest BCUT2D eigenvalue weighted by atomic mass is 10.2. The van der Waals surface area contributed by atoms with Gasteiger partial charge in [-0.3, -0.25) is 9.69 Å². The fraction of sp³-hybridized carbons (Fsp3) is 0.400. The third-order valence-corrected chi connectivity index (χ3v) is 7.02. The zero-order chi connectivity index (χ0) is 23.3. The van der Waals surface area contributed by atoms with Crippen LogP contribution in [0.1, 0.15) is 32.6 Å². The number of benzene rings is 2. The van der Waals surface area contributed by atoms with E-state index in [0.717, 1.165) is 21.5 Å². The molecule has 0 aliphatic carbocycles. The second-order valence-corrected chi connectivity index (χ2v) is 9.71. The Bertz CT molecular complexity index is 1060. The van der Waals surface area contributed by atoms with Crippen LogP contribution in [-0.2, 0) is 11.2 Å². The van der Waals surface area contributed by atoms with Crippen molar-refractivity contribution < 1.29 is 14.3 Å². The second kappa shape index (κ2) is 11.0. The molecule has 0 bridgehead atoms. The maximum Gasteiger partial charge on any atom is 0.229 e. The quantitative estimate of drug-likeness (QED) is 0.377. The van der Waals surface area contributed by atoms with E-state index in [1.54, 1.807) is 30.6 Å². The van der Waals surface area contributed by atoms with Crippen LogP contribution in [0.15, 0.2) is 42.5 Å². The SMILES string of the molecule is COc1ccc(NC(=O)Cc2sc3ccccc3c2Cl)cc1OCCN(C(C)C)C(C)C.